The Morgan fingerprint density at radius 3 is 2.24 bits per heavy atom. The van der Waals surface area contributed by atoms with Crippen molar-refractivity contribution >= 4 is 11.9 Å². The summed E-state index contributed by atoms with van der Waals surface area (Å²) >= 11 is 0. The highest BCUT2D eigenvalue weighted by atomic mass is 16.5. The van der Waals surface area contributed by atoms with Crippen molar-refractivity contribution in [2.45, 2.75) is 57.9 Å². The van der Waals surface area contributed by atoms with Crippen molar-refractivity contribution in [3.05, 3.63) is 35.4 Å². The molecular formula is C21H29NO3. The van der Waals surface area contributed by atoms with E-state index in [4.69, 9.17) is 4.74 Å². The first-order chi connectivity index (χ1) is 12.0. The van der Waals surface area contributed by atoms with Gasteiger partial charge >= 0.3 is 5.97 Å². The van der Waals surface area contributed by atoms with Gasteiger partial charge in [0.25, 0.3) is 0 Å². The minimum absolute atomic E-state index is 0.0228. The Morgan fingerprint density at radius 2 is 1.64 bits per heavy atom. The van der Waals surface area contributed by atoms with Crippen LogP contribution in [0.3, 0.4) is 0 Å². The van der Waals surface area contributed by atoms with Gasteiger partial charge in [-0.15, -0.1) is 0 Å². The van der Waals surface area contributed by atoms with Gasteiger partial charge in [-0.05, 0) is 51.5 Å². The van der Waals surface area contributed by atoms with Crippen molar-refractivity contribution in [3.63, 3.8) is 0 Å². The van der Waals surface area contributed by atoms with Crippen molar-refractivity contribution in [1.82, 2.24) is 4.90 Å². The Morgan fingerprint density at radius 1 is 1.04 bits per heavy atom. The third-order valence-electron chi connectivity index (χ3n) is 6.02. The fraction of sp³-hybridized carbons (Fsp3) is 0.619. The van der Waals surface area contributed by atoms with Crippen LogP contribution in [0.5, 0.6) is 0 Å². The van der Waals surface area contributed by atoms with Crippen LogP contribution in [-0.2, 0) is 14.3 Å². The molecule has 1 aliphatic carbocycles. The second-order valence-electron chi connectivity index (χ2n) is 7.75. The monoisotopic (exact) mass is 343 g/mol. The number of carbonyl (C=O) groups is 2. The van der Waals surface area contributed by atoms with Gasteiger partial charge in [0.2, 0.25) is 5.91 Å². The third kappa shape index (κ3) is 3.88. The maximum atomic E-state index is 13.0. The van der Waals surface area contributed by atoms with Gasteiger partial charge in [0.1, 0.15) is 0 Å². The van der Waals surface area contributed by atoms with Crippen LogP contribution in [0.2, 0.25) is 0 Å². The lowest BCUT2D eigenvalue weighted by atomic mass is 9.81. The van der Waals surface area contributed by atoms with Crippen LogP contribution in [0, 0.1) is 18.8 Å². The highest BCUT2D eigenvalue weighted by Gasteiger charge is 2.38. The summed E-state index contributed by atoms with van der Waals surface area (Å²) in [5.41, 5.74) is 2.60. The number of rotatable bonds is 3. The quantitative estimate of drug-likeness (QED) is 0.787. The molecule has 0 radical (unpaired) electrons. The molecule has 4 nitrogen and oxygen atoms in total. The Labute approximate surface area is 150 Å². The number of carbonyl (C=O) groups excluding carboxylic acids is 2. The highest BCUT2D eigenvalue weighted by molar-refractivity contribution is 5.80. The summed E-state index contributed by atoms with van der Waals surface area (Å²) in [6.07, 6.45) is 4.18. The standard InChI is InChI=1S/C21H29NO3/c1-14-4-6-16(7-5-14)19-12-15(2)22(13-19)20(23)17-8-10-18(11-9-17)21(24)25-3/h4-7,15,17-19H,8-13H2,1-3H3/t15-,17?,18?,19+/m0/s1. The SMILES string of the molecule is COC(=O)C1CCC(C(=O)N2C[C@H](c3ccc(C)cc3)C[C@@H]2C)CC1. The zero-order chi connectivity index (χ0) is 18.0. The summed E-state index contributed by atoms with van der Waals surface area (Å²) in [6.45, 7) is 5.08. The van der Waals surface area contributed by atoms with E-state index >= 15 is 0 Å². The molecule has 1 saturated heterocycles. The van der Waals surface area contributed by atoms with Crippen LogP contribution in [0.25, 0.3) is 0 Å². The van der Waals surface area contributed by atoms with E-state index in [1.165, 1.54) is 18.2 Å². The molecule has 2 fully saturated rings. The Balaban J connectivity index is 1.59. The first-order valence-corrected chi connectivity index (χ1v) is 9.44. The van der Waals surface area contributed by atoms with Crippen LogP contribution in [0.4, 0.5) is 0 Å². The normalized spacial score (nSPS) is 29.5. The number of ether oxygens (including phenoxy) is 1. The number of aryl methyl sites for hydroxylation is 1. The van der Waals surface area contributed by atoms with Crippen LogP contribution in [-0.4, -0.2) is 36.5 Å². The maximum absolute atomic E-state index is 13.0. The lowest BCUT2D eigenvalue weighted by Crippen LogP contribution is -2.40. The average molecular weight is 343 g/mol. The molecule has 1 saturated carbocycles. The van der Waals surface area contributed by atoms with Crippen LogP contribution in [0.1, 0.15) is 56.1 Å². The molecule has 0 aromatic heterocycles. The molecule has 1 aromatic carbocycles. The lowest BCUT2D eigenvalue weighted by molar-refractivity contribution is -0.148. The molecule has 0 spiro atoms. The Kier molecular flexibility index (Phi) is 5.45. The molecule has 2 aliphatic rings. The fourth-order valence-electron chi connectivity index (χ4n) is 4.40. The maximum Gasteiger partial charge on any atom is 0.308 e. The first-order valence-electron chi connectivity index (χ1n) is 9.44. The van der Waals surface area contributed by atoms with E-state index in [1.54, 1.807) is 0 Å². The second kappa shape index (κ2) is 7.59. The van der Waals surface area contributed by atoms with Gasteiger partial charge in [-0.3, -0.25) is 9.59 Å². The van der Waals surface area contributed by atoms with E-state index in [9.17, 15) is 9.59 Å². The molecule has 0 unspecified atom stereocenters. The lowest BCUT2D eigenvalue weighted by Gasteiger charge is -2.31. The minimum Gasteiger partial charge on any atom is -0.469 e. The summed E-state index contributed by atoms with van der Waals surface area (Å²) in [6, 6.07) is 8.99. The first kappa shape index (κ1) is 18.0. The van der Waals surface area contributed by atoms with Crippen LogP contribution >= 0.6 is 0 Å². The van der Waals surface area contributed by atoms with E-state index in [1.807, 2.05) is 0 Å². The molecule has 25 heavy (non-hydrogen) atoms. The topological polar surface area (TPSA) is 46.6 Å². The zero-order valence-corrected chi connectivity index (χ0v) is 15.5. The smallest absolute Gasteiger partial charge is 0.308 e. The van der Waals surface area contributed by atoms with Gasteiger partial charge in [-0.25, -0.2) is 0 Å². The molecular weight excluding hydrogens is 314 g/mol. The molecule has 1 amide bonds. The van der Waals surface area contributed by atoms with Gasteiger partial charge in [-0.1, -0.05) is 29.8 Å². The second-order valence-corrected chi connectivity index (χ2v) is 7.75. The van der Waals surface area contributed by atoms with E-state index in [0.717, 1.165) is 38.6 Å². The summed E-state index contributed by atoms with van der Waals surface area (Å²) in [5.74, 6) is 0.641. The molecule has 136 valence electrons. The summed E-state index contributed by atoms with van der Waals surface area (Å²) in [5, 5.41) is 0. The highest BCUT2D eigenvalue weighted by Crippen LogP contribution is 2.36. The minimum atomic E-state index is -0.125. The van der Waals surface area contributed by atoms with Crippen molar-refractivity contribution < 1.29 is 14.3 Å². The zero-order valence-electron chi connectivity index (χ0n) is 15.5. The van der Waals surface area contributed by atoms with E-state index in [2.05, 4.69) is 43.0 Å². The molecule has 1 heterocycles. The van der Waals surface area contributed by atoms with E-state index in [0.29, 0.717) is 5.92 Å². The van der Waals surface area contributed by atoms with Crippen molar-refractivity contribution in [2.75, 3.05) is 13.7 Å². The number of benzene rings is 1. The Hall–Kier alpha value is -1.84. The van der Waals surface area contributed by atoms with Gasteiger partial charge < -0.3 is 9.64 Å². The number of methoxy groups -OCH3 is 1. The van der Waals surface area contributed by atoms with Gasteiger partial charge in [-0.2, -0.15) is 0 Å². The molecule has 1 aromatic rings. The molecule has 0 N–H and O–H groups in total. The average Bonchev–Trinajstić information content (AvgIpc) is 3.03. The van der Waals surface area contributed by atoms with E-state index in [-0.39, 0.29) is 29.8 Å². The predicted molar refractivity (Wildman–Crippen MR) is 97.2 cm³/mol. The van der Waals surface area contributed by atoms with Crippen LogP contribution < -0.4 is 0 Å². The number of hydrogen-bond donors (Lipinski definition) is 0. The van der Waals surface area contributed by atoms with Crippen LogP contribution in [0.15, 0.2) is 24.3 Å². The molecule has 1 aliphatic heterocycles. The van der Waals surface area contributed by atoms with E-state index < -0.39 is 0 Å². The largest absolute Gasteiger partial charge is 0.469 e. The summed E-state index contributed by atoms with van der Waals surface area (Å²) in [4.78, 5) is 26.7. The predicted octanol–water partition coefficient (Wildman–Crippen LogP) is 3.68. The number of nitrogens with zero attached hydrogens (tertiary/aromatic N) is 1. The molecule has 2 atom stereocenters. The molecule has 3 rings (SSSR count). The Bertz CT molecular complexity index is 617. The number of amides is 1. The molecule has 4 heteroatoms. The van der Waals surface area contributed by atoms with Crippen molar-refractivity contribution in [1.29, 1.82) is 0 Å². The van der Waals surface area contributed by atoms with Gasteiger partial charge in [0, 0.05) is 24.4 Å². The summed E-state index contributed by atoms with van der Waals surface area (Å²) < 4.78 is 4.84. The number of esters is 1. The number of likely N-dealkylation sites (tertiary alicyclic amines) is 1. The fourth-order valence-corrected chi connectivity index (χ4v) is 4.40. The molecule has 0 bridgehead atoms. The summed E-state index contributed by atoms with van der Waals surface area (Å²) in [7, 11) is 1.44. The number of hydrogen-bond acceptors (Lipinski definition) is 3. The van der Waals surface area contributed by atoms with Gasteiger partial charge in [0.05, 0.1) is 13.0 Å². The van der Waals surface area contributed by atoms with Crippen molar-refractivity contribution in [3.8, 4) is 0 Å². The van der Waals surface area contributed by atoms with Crippen molar-refractivity contribution in [2.24, 2.45) is 11.8 Å². The third-order valence-corrected chi connectivity index (χ3v) is 6.02. The van der Waals surface area contributed by atoms with Gasteiger partial charge in [0.15, 0.2) is 0 Å².